The molecule has 0 bridgehead atoms. The molecule has 0 spiro atoms. The van der Waals surface area contributed by atoms with Gasteiger partial charge in [0.15, 0.2) is 0 Å². The predicted molar refractivity (Wildman–Crippen MR) is 81.0 cm³/mol. The molecular weight excluding hydrogens is 218 g/mol. The standard InChI is InChI=1S/C17H29N/c1-5-16(15-11-7-6-8-12-15)17(18-4)13-9-10-14(2)3/h6-8,11-12,14,16-18H,5,9-10,13H2,1-4H3. The van der Waals surface area contributed by atoms with Gasteiger partial charge < -0.3 is 5.32 Å². The van der Waals surface area contributed by atoms with E-state index in [1.165, 1.54) is 31.2 Å². The summed E-state index contributed by atoms with van der Waals surface area (Å²) in [6, 6.07) is 11.5. The highest BCUT2D eigenvalue weighted by Gasteiger charge is 2.19. The number of likely N-dealkylation sites (N-methyl/N-ethyl adjacent to an activating group) is 1. The van der Waals surface area contributed by atoms with Crippen molar-refractivity contribution in [3.8, 4) is 0 Å². The molecule has 0 fully saturated rings. The van der Waals surface area contributed by atoms with Gasteiger partial charge in [-0.3, -0.25) is 0 Å². The average molecular weight is 247 g/mol. The third-order valence-electron chi connectivity index (χ3n) is 3.82. The summed E-state index contributed by atoms with van der Waals surface area (Å²) in [5.41, 5.74) is 1.48. The van der Waals surface area contributed by atoms with Gasteiger partial charge in [0, 0.05) is 6.04 Å². The fourth-order valence-corrected chi connectivity index (χ4v) is 2.75. The van der Waals surface area contributed by atoms with E-state index < -0.39 is 0 Å². The highest BCUT2D eigenvalue weighted by atomic mass is 14.9. The van der Waals surface area contributed by atoms with Gasteiger partial charge in [0.2, 0.25) is 0 Å². The van der Waals surface area contributed by atoms with E-state index in [1.54, 1.807) is 0 Å². The third kappa shape index (κ3) is 4.81. The van der Waals surface area contributed by atoms with E-state index in [-0.39, 0.29) is 0 Å². The number of hydrogen-bond donors (Lipinski definition) is 1. The van der Waals surface area contributed by atoms with Crippen LogP contribution in [0, 0.1) is 5.92 Å². The molecule has 0 radical (unpaired) electrons. The second-order valence-electron chi connectivity index (χ2n) is 5.65. The maximum Gasteiger partial charge on any atom is 0.0133 e. The minimum Gasteiger partial charge on any atom is -0.316 e. The van der Waals surface area contributed by atoms with Gasteiger partial charge in [0.1, 0.15) is 0 Å². The van der Waals surface area contributed by atoms with Gasteiger partial charge in [-0.15, -0.1) is 0 Å². The smallest absolute Gasteiger partial charge is 0.0133 e. The summed E-state index contributed by atoms with van der Waals surface area (Å²) in [6.07, 6.45) is 5.15. The Balaban J connectivity index is 2.60. The van der Waals surface area contributed by atoms with E-state index in [4.69, 9.17) is 0 Å². The Hall–Kier alpha value is -0.820. The maximum atomic E-state index is 3.53. The molecule has 0 heterocycles. The van der Waals surface area contributed by atoms with Crippen LogP contribution in [0.4, 0.5) is 0 Å². The molecule has 0 saturated heterocycles. The second-order valence-corrected chi connectivity index (χ2v) is 5.65. The molecule has 102 valence electrons. The van der Waals surface area contributed by atoms with Gasteiger partial charge in [-0.25, -0.2) is 0 Å². The van der Waals surface area contributed by atoms with Crippen LogP contribution < -0.4 is 5.32 Å². The lowest BCUT2D eigenvalue weighted by Crippen LogP contribution is -2.32. The molecule has 2 unspecified atom stereocenters. The SMILES string of the molecule is CCC(c1ccccc1)C(CCCC(C)C)NC. The Morgan fingerprint density at radius 2 is 1.72 bits per heavy atom. The normalized spacial score (nSPS) is 14.7. The summed E-state index contributed by atoms with van der Waals surface area (Å²) in [5, 5.41) is 3.53. The molecule has 0 saturated carbocycles. The van der Waals surface area contributed by atoms with Crippen LogP contribution in [0.1, 0.15) is 57.9 Å². The van der Waals surface area contributed by atoms with Crippen molar-refractivity contribution in [2.45, 2.75) is 58.4 Å². The average Bonchev–Trinajstić information content (AvgIpc) is 2.38. The van der Waals surface area contributed by atoms with Crippen molar-refractivity contribution in [1.82, 2.24) is 5.32 Å². The Kier molecular flexibility index (Phi) is 7.04. The summed E-state index contributed by atoms with van der Waals surface area (Å²) in [7, 11) is 2.10. The van der Waals surface area contributed by atoms with Crippen molar-refractivity contribution in [2.24, 2.45) is 5.92 Å². The van der Waals surface area contributed by atoms with Gasteiger partial charge >= 0.3 is 0 Å². The largest absolute Gasteiger partial charge is 0.316 e. The molecule has 1 aromatic carbocycles. The van der Waals surface area contributed by atoms with Crippen LogP contribution in [-0.4, -0.2) is 13.1 Å². The van der Waals surface area contributed by atoms with Crippen LogP contribution in [0.2, 0.25) is 0 Å². The van der Waals surface area contributed by atoms with E-state index in [0.717, 1.165) is 5.92 Å². The van der Waals surface area contributed by atoms with Crippen LogP contribution >= 0.6 is 0 Å². The van der Waals surface area contributed by atoms with Gasteiger partial charge in [-0.1, -0.05) is 63.9 Å². The lowest BCUT2D eigenvalue weighted by molar-refractivity contribution is 0.396. The molecular formula is C17H29N. The molecule has 1 heteroatoms. The van der Waals surface area contributed by atoms with Gasteiger partial charge in [-0.2, -0.15) is 0 Å². The Morgan fingerprint density at radius 3 is 2.22 bits per heavy atom. The van der Waals surface area contributed by atoms with Crippen LogP contribution in [-0.2, 0) is 0 Å². The molecule has 1 rings (SSSR count). The minimum absolute atomic E-state index is 0.608. The summed E-state index contributed by atoms with van der Waals surface area (Å²) in [4.78, 5) is 0. The molecule has 1 aromatic rings. The minimum atomic E-state index is 0.608. The van der Waals surface area contributed by atoms with E-state index in [9.17, 15) is 0 Å². The number of hydrogen-bond acceptors (Lipinski definition) is 1. The van der Waals surface area contributed by atoms with Crippen LogP contribution in [0.15, 0.2) is 30.3 Å². The van der Waals surface area contributed by atoms with Gasteiger partial charge in [-0.05, 0) is 37.3 Å². The molecule has 1 nitrogen and oxygen atoms in total. The Morgan fingerprint density at radius 1 is 1.06 bits per heavy atom. The van der Waals surface area contributed by atoms with Crippen molar-refractivity contribution in [1.29, 1.82) is 0 Å². The molecule has 1 N–H and O–H groups in total. The van der Waals surface area contributed by atoms with Crippen molar-refractivity contribution in [2.75, 3.05) is 7.05 Å². The topological polar surface area (TPSA) is 12.0 Å². The first-order chi connectivity index (χ1) is 8.69. The first-order valence-corrected chi connectivity index (χ1v) is 7.41. The number of nitrogens with one attached hydrogen (secondary N) is 1. The Labute approximate surface area is 113 Å². The van der Waals surface area contributed by atoms with Gasteiger partial charge in [0.05, 0.1) is 0 Å². The second kappa shape index (κ2) is 8.31. The fourth-order valence-electron chi connectivity index (χ4n) is 2.75. The zero-order valence-corrected chi connectivity index (χ0v) is 12.4. The zero-order chi connectivity index (χ0) is 13.4. The summed E-state index contributed by atoms with van der Waals surface area (Å²) in [5.74, 6) is 1.46. The quantitative estimate of drug-likeness (QED) is 0.708. The van der Waals surface area contributed by atoms with E-state index >= 15 is 0 Å². The molecule has 0 aromatic heterocycles. The van der Waals surface area contributed by atoms with E-state index in [2.05, 4.69) is 63.5 Å². The number of benzene rings is 1. The number of rotatable bonds is 8. The molecule has 0 aliphatic rings. The fraction of sp³-hybridized carbons (Fsp3) is 0.647. The zero-order valence-electron chi connectivity index (χ0n) is 12.4. The van der Waals surface area contributed by atoms with E-state index in [1.807, 2.05) is 0 Å². The van der Waals surface area contributed by atoms with Crippen LogP contribution in [0.25, 0.3) is 0 Å². The third-order valence-corrected chi connectivity index (χ3v) is 3.82. The highest BCUT2D eigenvalue weighted by molar-refractivity contribution is 5.21. The molecule has 2 atom stereocenters. The predicted octanol–water partition coefficient (Wildman–Crippen LogP) is 4.59. The highest BCUT2D eigenvalue weighted by Crippen LogP contribution is 2.26. The van der Waals surface area contributed by atoms with Crippen molar-refractivity contribution in [3.05, 3.63) is 35.9 Å². The summed E-state index contributed by atoms with van der Waals surface area (Å²) < 4.78 is 0. The monoisotopic (exact) mass is 247 g/mol. The maximum absolute atomic E-state index is 3.53. The lowest BCUT2D eigenvalue weighted by Gasteiger charge is -2.26. The van der Waals surface area contributed by atoms with Crippen molar-refractivity contribution < 1.29 is 0 Å². The van der Waals surface area contributed by atoms with Crippen molar-refractivity contribution in [3.63, 3.8) is 0 Å². The van der Waals surface area contributed by atoms with Crippen molar-refractivity contribution >= 4 is 0 Å². The summed E-state index contributed by atoms with van der Waals surface area (Å²) in [6.45, 7) is 6.91. The molecule has 0 amide bonds. The Bertz CT molecular complexity index is 305. The first-order valence-electron chi connectivity index (χ1n) is 7.41. The lowest BCUT2D eigenvalue weighted by atomic mass is 9.86. The van der Waals surface area contributed by atoms with E-state index in [0.29, 0.717) is 12.0 Å². The van der Waals surface area contributed by atoms with Crippen LogP contribution in [0.5, 0.6) is 0 Å². The van der Waals surface area contributed by atoms with Crippen LogP contribution in [0.3, 0.4) is 0 Å². The molecule has 18 heavy (non-hydrogen) atoms. The first kappa shape index (κ1) is 15.2. The molecule has 0 aliphatic heterocycles. The summed E-state index contributed by atoms with van der Waals surface area (Å²) >= 11 is 0. The molecule has 0 aliphatic carbocycles. The van der Waals surface area contributed by atoms with Gasteiger partial charge in [0.25, 0.3) is 0 Å².